The van der Waals surface area contributed by atoms with Gasteiger partial charge in [0.1, 0.15) is 5.69 Å². The van der Waals surface area contributed by atoms with Crippen LogP contribution in [0.4, 0.5) is 17.2 Å². The van der Waals surface area contributed by atoms with Gasteiger partial charge in [0.15, 0.2) is 11.6 Å². The van der Waals surface area contributed by atoms with Crippen LogP contribution in [0.3, 0.4) is 0 Å². The molecule has 0 N–H and O–H groups in total. The zero-order valence-electron chi connectivity index (χ0n) is 12.9. The summed E-state index contributed by atoms with van der Waals surface area (Å²) in [5.74, 6) is 2.31. The second-order valence-corrected chi connectivity index (χ2v) is 5.81. The number of ether oxygens (including phenoxy) is 1. The Morgan fingerprint density at radius 3 is 2.55 bits per heavy atom. The molecule has 2 aromatic rings. The normalized spacial score (nSPS) is 17.7. The fraction of sp³-hybridized carbons (Fsp3) is 0.375. The van der Waals surface area contributed by atoms with Gasteiger partial charge in [-0.05, 0) is 19.2 Å². The maximum Gasteiger partial charge on any atom is 0.263 e. The van der Waals surface area contributed by atoms with Crippen LogP contribution >= 0.6 is 0 Å². The van der Waals surface area contributed by atoms with E-state index in [1.54, 1.807) is 0 Å². The molecule has 1 aromatic heterocycles. The Balaban J connectivity index is 1.67. The van der Waals surface area contributed by atoms with Crippen LogP contribution in [0.2, 0.25) is 0 Å². The number of fused-ring (bicyclic) bond motifs is 2. The maximum absolute atomic E-state index is 5.87. The van der Waals surface area contributed by atoms with Crippen molar-refractivity contribution in [1.29, 1.82) is 0 Å². The molecule has 0 aliphatic carbocycles. The van der Waals surface area contributed by atoms with Crippen LogP contribution < -0.4 is 14.5 Å². The topological polar surface area (TPSA) is 44.7 Å². The number of anilines is 3. The van der Waals surface area contributed by atoms with Gasteiger partial charge in [-0.3, -0.25) is 0 Å². The molecule has 0 unspecified atom stereocenters. The smallest absolute Gasteiger partial charge is 0.263 e. The molecule has 0 saturated carbocycles. The Bertz CT molecular complexity index is 697. The average molecular weight is 297 g/mol. The molecule has 2 aliphatic rings. The molecular formula is C16H19N5O. The fourth-order valence-corrected chi connectivity index (χ4v) is 2.92. The van der Waals surface area contributed by atoms with E-state index in [9.17, 15) is 0 Å². The molecule has 6 nitrogen and oxygen atoms in total. The highest BCUT2D eigenvalue weighted by atomic mass is 16.5. The summed E-state index contributed by atoms with van der Waals surface area (Å²) >= 11 is 0. The van der Waals surface area contributed by atoms with Gasteiger partial charge in [-0.2, -0.15) is 0 Å². The quantitative estimate of drug-likeness (QED) is 0.803. The van der Waals surface area contributed by atoms with Crippen molar-refractivity contribution < 1.29 is 4.74 Å². The standard InChI is InChI=1S/C16H19N5O/c1-19-7-9-21(10-8-19)15-11-13-16(18-17-15)22-14-6-4-3-5-12(14)20(13)2/h3-6,11H,7-10H2,1-2H3. The fourth-order valence-electron chi connectivity index (χ4n) is 2.92. The van der Waals surface area contributed by atoms with Crippen molar-refractivity contribution in [2.75, 3.05) is 50.1 Å². The average Bonchev–Trinajstić information content (AvgIpc) is 2.56. The van der Waals surface area contributed by atoms with Gasteiger partial charge < -0.3 is 19.4 Å². The van der Waals surface area contributed by atoms with Crippen LogP contribution in [0.25, 0.3) is 0 Å². The van der Waals surface area contributed by atoms with E-state index in [2.05, 4.69) is 38.0 Å². The lowest BCUT2D eigenvalue weighted by Crippen LogP contribution is -2.45. The van der Waals surface area contributed by atoms with Crippen LogP contribution in [0.15, 0.2) is 30.3 Å². The van der Waals surface area contributed by atoms with Gasteiger partial charge in [-0.25, -0.2) is 0 Å². The summed E-state index contributed by atoms with van der Waals surface area (Å²) in [6.07, 6.45) is 0. The highest BCUT2D eigenvalue weighted by molar-refractivity contribution is 5.77. The van der Waals surface area contributed by atoms with Crippen molar-refractivity contribution in [3.8, 4) is 11.6 Å². The minimum Gasteiger partial charge on any atom is -0.434 e. The van der Waals surface area contributed by atoms with Gasteiger partial charge in [0.2, 0.25) is 0 Å². The Labute approximate surface area is 129 Å². The molecule has 22 heavy (non-hydrogen) atoms. The number of aromatic nitrogens is 2. The van der Waals surface area contributed by atoms with E-state index in [1.807, 2.05) is 31.3 Å². The van der Waals surface area contributed by atoms with Gasteiger partial charge in [0.25, 0.3) is 5.88 Å². The van der Waals surface area contributed by atoms with Gasteiger partial charge in [0.05, 0.1) is 5.69 Å². The lowest BCUT2D eigenvalue weighted by Gasteiger charge is -2.34. The first kappa shape index (κ1) is 13.3. The molecule has 0 radical (unpaired) electrons. The van der Waals surface area contributed by atoms with E-state index in [0.29, 0.717) is 5.88 Å². The number of rotatable bonds is 1. The zero-order chi connectivity index (χ0) is 15.1. The number of likely N-dealkylation sites (N-methyl/N-ethyl adjacent to an activating group) is 1. The zero-order valence-corrected chi connectivity index (χ0v) is 12.9. The number of para-hydroxylation sites is 2. The van der Waals surface area contributed by atoms with Crippen molar-refractivity contribution in [3.05, 3.63) is 30.3 Å². The van der Waals surface area contributed by atoms with E-state index >= 15 is 0 Å². The van der Waals surface area contributed by atoms with Crippen molar-refractivity contribution in [2.24, 2.45) is 0 Å². The molecule has 1 aromatic carbocycles. The van der Waals surface area contributed by atoms with Crippen molar-refractivity contribution in [2.45, 2.75) is 0 Å². The monoisotopic (exact) mass is 297 g/mol. The van der Waals surface area contributed by atoms with Crippen LogP contribution in [0.1, 0.15) is 0 Å². The van der Waals surface area contributed by atoms with E-state index in [0.717, 1.165) is 49.1 Å². The third-order valence-electron chi connectivity index (χ3n) is 4.35. The lowest BCUT2D eigenvalue weighted by atomic mass is 10.2. The number of piperazine rings is 1. The lowest BCUT2D eigenvalue weighted by molar-refractivity contribution is 0.311. The van der Waals surface area contributed by atoms with Crippen LogP contribution in [0.5, 0.6) is 11.6 Å². The largest absolute Gasteiger partial charge is 0.434 e. The molecule has 1 saturated heterocycles. The molecular weight excluding hydrogens is 278 g/mol. The Hall–Kier alpha value is -2.34. The number of nitrogens with zero attached hydrogens (tertiary/aromatic N) is 5. The van der Waals surface area contributed by atoms with Crippen molar-refractivity contribution in [3.63, 3.8) is 0 Å². The minimum absolute atomic E-state index is 0.569. The third-order valence-corrected chi connectivity index (χ3v) is 4.35. The van der Waals surface area contributed by atoms with E-state index in [1.165, 1.54) is 0 Å². The second kappa shape index (κ2) is 5.14. The summed E-state index contributed by atoms with van der Waals surface area (Å²) in [6.45, 7) is 4.05. The Morgan fingerprint density at radius 2 is 1.73 bits per heavy atom. The first-order valence-electron chi connectivity index (χ1n) is 7.54. The molecule has 3 heterocycles. The van der Waals surface area contributed by atoms with Crippen LogP contribution in [-0.2, 0) is 0 Å². The maximum atomic E-state index is 5.87. The molecule has 4 rings (SSSR count). The van der Waals surface area contributed by atoms with E-state index in [4.69, 9.17) is 4.74 Å². The molecule has 0 amide bonds. The SMILES string of the molecule is CN1CCN(c2cc3c(nn2)Oc2ccccc2N3C)CC1. The summed E-state index contributed by atoms with van der Waals surface area (Å²) in [4.78, 5) is 6.72. The third kappa shape index (κ3) is 2.16. The summed E-state index contributed by atoms with van der Waals surface area (Å²) in [7, 11) is 4.18. The van der Waals surface area contributed by atoms with Crippen LogP contribution in [-0.4, -0.2) is 55.4 Å². The predicted molar refractivity (Wildman–Crippen MR) is 86.3 cm³/mol. The van der Waals surface area contributed by atoms with Gasteiger partial charge in [-0.15, -0.1) is 10.2 Å². The van der Waals surface area contributed by atoms with E-state index in [-0.39, 0.29) is 0 Å². The highest BCUT2D eigenvalue weighted by Crippen LogP contribution is 2.44. The summed E-state index contributed by atoms with van der Waals surface area (Å²) < 4.78 is 5.87. The first-order valence-corrected chi connectivity index (χ1v) is 7.54. The van der Waals surface area contributed by atoms with E-state index < -0.39 is 0 Å². The minimum atomic E-state index is 0.569. The first-order chi connectivity index (χ1) is 10.7. The number of hydrogen-bond acceptors (Lipinski definition) is 6. The Kier molecular flexibility index (Phi) is 3.11. The highest BCUT2D eigenvalue weighted by Gasteiger charge is 2.25. The van der Waals surface area contributed by atoms with Crippen LogP contribution in [0, 0.1) is 0 Å². The molecule has 114 valence electrons. The molecule has 1 fully saturated rings. The summed E-state index contributed by atoms with van der Waals surface area (Å²) in [5, 5.41) is 8.65. The van der Waals surface area contributed by atoms with Gasteiger partial charge in [-0.1, -0.05) is 12.1 Å². The summed E-state index contributed by atoms with van der Waals surface area (Å²) in [5.41, 5.74) is 2.01. The number of benzene rings is 1. The van der Waals surface area contributed by atoms with Crippen molar-refractivity contribution in [1.82, 2.24) is 15.1 Å². The van der Waals surface area contributed by atoms with Crippen molar-refractivity contribution >= 4 is 17.2 Å². The predicted octanol–water partition coefficient (Wildman–Crippen LogP) is 2.10. The van der Waals surface area contributed by atoms with Gasteiger partial charge >= 0.3 is 0 Å². The number of hydrogen-bond donors (Lipinski definition) is 0. The molecule has 0 spiro atoms. The second-order valence-electron chi connectivity index (χ2n) is 5.81. The molecule has 0 bridgehead atoms. The summed E-state index contributed by atoms with van der Waals surface area (Å²) in [6, 6.07) is 10.0. The molecule has 2 aliphatic heterocycles. The Morgan fingerprint density at radius 1 is 0.955 bits per heavy atom. The molecule has 6 heteroatoms. The molecule has 0 atom stereocenters. The van der Waals surface area contributed by atoms with Gasteiger partial charge in [0, 0.05) is 39.3 Å².